The minimum atomic E-state index is -3.74. The first-order chi connectivity index (χ1) is 9.81. The van der Waals surface area contributed by atoms with Crippen LogP contribution >= 0.6 is 11.6 Å². The van der Waals surface area contributed by atoms with Gasteiger partial charge in [-0.15, -0.1) is 0 Å². The standard InChI is InChI=1S/C14H16ClN3O2S/c1-10-5-4-6-12(14(10)15)21(19,20)17-11-7-8-13(16-9-11)18(2)3/h4-9,17H,1-3H3. The zero-order chi connectivity index (χ0) is 15.6. The molecule has 0 amide bonds. The molecule has 0 bridgehead atoms. The molecule has 21 heavy (non-hydrogen) atoms. The lowest BCUT2D eigenvalue weighted by Gasteiger charge is -2.13. The van der Waals surface area contributed by atoms with Gasteiger partial charge in [0.05, 0.1) is 16.9 Å². The molecule has 0 aliphatic carbocycles. The Morgan fingerprint density at radius 2 is 1.90 bits per heavy atom. The molecule has 7 heteroatoms. The monoisotopic (exact) mass is 325 g/mol. The molecule has 0 spiro atoms. The van der Waals surface area contributed by atoms with Gasteiger partial charge in [-0.2, -0.15) is 0 Å². The molecule has 2 rings (SSSR count). The van der Waals surface area contributed by atoms with E-state index in [1.807, 2.05) is 19.0 Å². The van der Waals surface area contributed by atoms with Gasteiger partial charge in [0.25, 0.3) is 10.0 Å². The summed E-state index contributed by atoms with van der Waals surface area (Å²) in [7, 11) is -0.0155. The van der Waals surface area contributed by atoms with Crippen LogP contribution in [0.1, 0.15) is 5.56 Å². The third kappa shape index (κ3) is 3.46. The topological polar surface area (TPSA) is 62.3 Å². The van der Waals surface area contributed by atoms with Crippen LogP contribution < -0.4 is 9.62 Å². The van der Waals surface area contributed by atoms with Gasteiger partial charge in [0.2, 0.25) is 0 Å². The highest BCUT2D eigenvalue weighted by molar-refractivity contribution is 7.92. The Balaban J connectivity index is 2.31. The zero-order valence-corrected chi connectivity index (χ0v) is 13.5. The lowest BCUT2D eigenvalue weighted by Crippen LogP contribution is -2.15. The minimum absolute atomic E-state index is 0.0563. The molecule has 0 fully saturated rings. The molecule has 0 unspecified atom stereocenters. The van der Waals surface area contributed by atoms with Crippen molar-refractivity contribution < 1.29 is 8.42 Å². The fourth-order valence-electron chi connectivity index (χ4n) is 1.75. The van der Waals surface area contributed by atoms with Crippen LogP contribution in [0, 0.1) is 6.92 Å². The van der Waals surface area contributed by atoms with Gasteiger partial charge in [-0.1, -0.05) is 23.7 Å². The van der Waals surface area contributed by atoms with Crippen molar-refractivity contribution in [3.05, 3.63) is 47.1 Å². The van der Waals surface area contributed by atoms with E-state index in [4.69, 9.17) is 11.6 Å². The Morgan fingerprint density at radius 3 is 2.48 bits per heavy atom. The number of pyridine rings is 1. The van der Waals surface area contributed by atoms with Crippen LogP contribution in [0.15, 0.2) is 41.4 Å². The number of nitrogens with one attached hydrogen (secondary N) is 1. The lowest BCUT2D eigenvalue weighted by atomic mass is 10.2. The molecule has 112 valence electrons. The molecule has 1 aromatic heterocycles. The largest absolute Gasteiger partial charge is 0.363 e. The quantitative estimate of drug-likeness (QED) is 0.939. The Labute approximate surface area is 129 Å². The van der Waals surface area contributed by atoms with E-state index in [2.05, 4.69) is 9.71 Å². The van der Waals surface area contributed by atoms with E-state index >= 15 is 0 Å². The van der Waals surface area contributed by atoms with Gasteiger partial charge in [0.1, 0.15) is 10.7 Å². The zero-order valence-electron chi connectivity index (χ0n) is 12.0. The average Bonchev–Trinajstić information content (AvgIpc) is 2.41. The Hall–Kier alpha value is -1.79. The highest BCUT2D eigenvalue weighted by atomic mass is 35.5. The summed E-state index contributed by atoms with van der Waals surface area (Å²) in [5, 5.41) is 0.225. The summed E-state index contributed by atoms with van der Waals surface area (Å²) in [6.45, 7) is 1.76. The van der Waals surface area contributed by atoms with Crippen LogP contribution in [-0.2, 0) is 10.0 Å². The number of sulfonamides is 1. The fourth-order valence-corrected chi connectivity index (χ4v) is 3.38. The highest BCUT2D eigenvalue weighted by Gasteiger charge is 2.19. The van der Waals surface area contributed by atoms with Gasteiger partial charge in [-0.25, -0.2) is 13.4 Å². The predicted molar refractivity (Wildman–Crippen MR) is 85.6 cm³/mol. The Morgan fingerprint density at radius 1 is 1.19 bits per heavy atom. The van der Waals surface area contributed by atoms with Crippen LogP contribution in [0.25, 0.3) is 0 Å². The number of aromatic nitrogens is 1. The predicted octanol–water partition coefficient (Wildman–Crippen LogP) is 2.91. The third-order valence-electron chi connectivity index (χ3n) is 2.90. The first-order valence-corrected chi connectivity index (χ1v) is 8.08. The lowest BCUT2D eigenvalue weighted by molar-refractivity contribution is 0.601. The van der Waals surface area contributed by atoms with Crippen molar-refractivity contribution in [3.63, 3.8) is 0 Å². The number of aryl methyl sites for hydroxylation is 1. The second-order valence-corrected chi connectivity index (χ2v) is 6.82. The van der Waals surface area contributed by atoms with Gasteiger partial charge in [-0.05, 0) is 30.7 Å². The summed E-state index contributed by atoms with van der Waals surface area (Å²) < 4.78 is 27.2. The SMILES string of the molecule is Cc1cccc(S(=O)(=O)Nc2ccc(N(C)C)nc2)c1Cl. The van der Waals surface area contributed by atoms with Crippen LogP contribution in [0.4, 0.5) is 11.5 Å². The summed E-state index contributed by atoms with van der Waals surface area (Å²) in [6, 6.07) is 8.27. The molecule has 2 aromatic rings. The van der Waals surface area contributed by atoms with Crippen molar-refractivity contribution in [2.45, 2.75) is 11.8 Å². The van der Waals surface area contributed by atoms with E-state index in [1.165, 1.54) is 12.3 Å². The molecule has 0 saturated heterocycles. The second-order valence-electron chi connectivity index (χ2n) is 4.79. The van der Waals surface area contributed by atoms with Crippen molar-refractivity contribution in [1.82, 2.24) is 4.98 Å². The number of anilines is 2. The molecular weight excluding hydrogens is 310 g/mol. The van der Waals surface area contributed by atoms with Crippen LogP contribution in [-0.4, -0.2) is 27.5 Å². The van der Waals surface area contributed by atoms with E-state index in [0.717, 1.165) is 5.82 Å². The van der Waals surface area contributed by atoms with Crippen molar-refractivity contribution in [1.29, 1.82) is 0 Å². The molecule has 1 aromatic carbocycles. The van der Waals surface area contributed by atoms with Crippen molar-refractivity contribution in [3.8, 4) is 0 Å². The number of benzene rings is 1. The van der Waals surface area contributed by atoms with Gasteiger partial charge < -0.3 is 4.90 Å². The van der Waals surface area contributed by atoms with E-state index in [9.17, 15) is 8.42 Å². The van der Waals surface area contributed by atoms with Crippen LogP contribution in [0.5, 0.6) is 0 Å². The summed E-state index contributed by atoms with van der Waals surface area (Å²) in [5.74, 6) is 0.742. The van der Waals surface area contributed by atoms with E-state index in [1.54, 1.807) is 31.2 Å². The summed E-state index contributed by atoms with van der Waals surface area (Å²) >= 11 is 6.07. The molecule has 1 N–H and O–H groups in total. The summed E-state index contributed by atoms with van der Waals surface area (Å²) in [4.78, 5) is 6.05. The number of rotatable bonds is 4. The molecule has 0 aliphatic rings. The molecule has 0 radical (unpaired) electrons. The van der Waals surface area contributed by atoms with Crippen LogP contribution in [0.3, 0.4) is 0 Å². The van der Waals surface area contributed by atoms with Crippen molar-refractivity contribution in [2.24, 2.45) is 0 Å². The normalized spacial score (nSPS) is 11.2. The van der Waals surface area contributed by atoms with Gasteiger partial charge in [0, 0.05) is 14.1 Å². The van der Waals surface area contributed by atoms with Crippen LogP contribution in [0.2, 0.25) is 5.02 Å². The maximum atomic E-state index is 12.4. The first kappa shape index (κ1) is 15.6. The number of nitrogens with zero attached hydrogens (tertiary/aromatic N) is 2. The van der Waals surface area contributed by atoms with E-state index in [-0.39, 0.29) is 9.92 Å². The molecular formula is C14H16ClN3O2S. The first-order valence-electron chi connectivity index (χ1n) is 6.22. The summed E-state index contributed by atoms with van der Waals surface area (Å²) in [6.07, 6.45) is 1.47. The number of hydrogen-bond acceptors (Lipinski definition) is 4. The second kappa shape index (κ2) is 5.91. The smallest absolute Gasteiger partial charge is 0.263 e. The van der Waals surface area contributed by atoms with Gasteiger partial charge >= 0.3 is 0 Å². The maximum absolute atomic E-state index is 12.4. The van der Waals surface area contributed by atoms with Crippen molar-refractivity contribution >= 4 is 33.1 Å². The molecule has 0 atom stereocenters. The number of halogens is 1. The van der Waals surface area contributed by atoms with Crippen molar-refractivity contribution in [2.75, 3.05) is 23.7 Å². The fraction of sp³-hybridized carbons (Fsp3) is 0.214. The Kier molecular flexibility index (Phi) is 4.39. The third-order valence-corrected chi connectivity index (χ3v) is 4.94. The molecule has 0 aliphatic heterocycles. The highest BCUT2D eigenvalue weighted by Crippen LogP contribution is 2.26. The molecule has 0 saturated carbocycles. The molecule has 5 nitrogen and oxygen atoms in total. The van der Waals surface area contributed by atoms with Gasteiger partial charge in [-0.3, -0.25) is 4.72 Å². The Bertz CT molecular complexity index is 743. The minimum Gasteiger partial charge on any atom is -0.363 e. The van der Waals surface area contributed by atoms with E-state index < -0.39 is 10.0 Å². The van der Waals surface area contributed by atoms with E-state index in [0.29, 0.717) is 11.3 Å². The molecule has 1 heterocycles. The number of hydrogen-bond donors (Lipinski definition) is 1. The average molecular weight is 326 g/mol. The maximum Gasteiger partial charge on any atom is 0.263 e. The van der Waals surface area contributed by atoms with Gasteiger partial charge in [0.15, 0.2) is 0 Å². The summed E-state index contributed by atoms with van der Waals surface area (Å²) in [5.41, 5.74) is 1.10.